The summed E-state index contributed by atoms with van der Waals surface area (Å²) in [7, 11) is 0. The fourth-order valence-electron chi connectivity index (χ4n) is 1.54. The largest absolute Gasteiger partial charge is 0.466 e. The molecule has 17 heavy (non-hydrogen) atoms. The highest BCUT2D eigenvalue weighted by atomic mass is 16.5. The number of ether oxygens (including phenoxy) is 1. The Kier molecular flexibility index (Phi) is 9.11. The fourth-order valence-corrected chi connectivity index (χ4v) is 1.54. The van der Waals surface area contributed by atoms with Crippen LogP contribution in [0.25, 0.3) is 0 Å². The van der Waals surface area contributed by atoms with Crippen molar-refractivity contribution in [3.63, 3.8) is 0 Å². The molecule has 0 rings (SSSR count). The second-order valence-electron chi connectivity index (χ2n) is 3.96. The predicted molar refractivity (Wildman–Crippen MR) is 67.3 cm³/mol. The van der Waals surface area contributed by atoms with Crippen LogP contribution in [-0.2, 0) is 14.3 Å². The van der Waals surface area contributed by atoms with E-state index < -0.39 is 0 Å². The van der Waals surface area contributed by atoms with Gasteiger partial charge in [0.25, 0.3) is 0 Å². The zero-order chi connectivity index (χ0) is 13.1. The molecular formula is C13H23NO3. The van der Waals surface area contributed by atoms with Crippen LogP contribution < -0.4 is 5.32 Å². The number of esters is 1. The molecule has 98 valence electrons. The van der Waals surface area contributed by atoms with Crippen LogP contribution in [0.15, 0.2) is 11.3 Å². The highest BCUT2D eigenvalue weighted by Crippen LogP contribution is 2.14. The van der Waals surface area contributed by atoms with Gasteiger partial charge >= 0.3 is 5.97 Å². The molecule has 0 saturated carbocycles. The lowest BCUT2D eigenvalue weighted by Gasteiger charge is -2.10. The minimum absolute atomic E-state index is 0.143. The van der Waals surface area contributed by atoms with E-state index in [-0.39, 0.29) is 12.4 Å². The van der Waals surface area contributed by atoms with Crippen LogP contribution in [0.3, 0.4) is 0 Å². The number of hydrogen-bond acceptors (Lipinski definition) is 3. The highest BCUT2D eigenvalue weighted by molar-refractivity contribution is 5.73. The molecule has 0 aliphatic heterocycles. The predicted octanol–water partition coefficient (Wildman–Crippen LogP) is 2.54. The molecule has 0 atom stereocenters. The van der Waals surface area contributed by atoms with Gasteiger partial charge in [-0.25, -0.2) is 0 Å². The van der Waals surface area contributed by atoms with Gasteiger partial charge in [-0.1, -0.05) is 25.3 Å². The number of rotatable bonds is 9. The van der Waals surface area contributed by atoms with E-state index in [0.29, 0.717) is 18.7 Å². The molecule has 4 nitrogen and oxygen atoms in total. The van der Waals surface area contributed by atoms with Crippen LogP contribution in [0.2, 0.25) is 0 Å². The molecule has 4 heteroatoms. The normalized spacial score (nSPS) is 11.7. The fraction of sp³-hybridized carbons (Fsp3) is 0.692. The van der Waals surface area contributed by atoms with Gasteiger partial charge < -0.3 is 10.1 Å². The Labute approximate surface area is 103 Å². The molecule has 0 saturated heterocycles. The summed E-state index contributed by atoms with van der Waals surface area (Å²) in [6, 6.07) is 0. The minimum Gasteiger partial charge on any atom is -0.466 e. The Morgan fingerprint density at radius 1 is 1.29 bits per heavy atom. The highest BCUT2D eigenvalue weighted by Gasteiger charge is 2.09. The standard InChI is InChI=1S/C13H23NO3/c1-4-6-7-8-11(3)12(14-10-15)9-13(16)17-5-2/h10H,4-9H2,1-3H3,(H,14,15)/b12-11+. The molecular weight excluding hydrogens is 218 g/mol. The summed E-state index contributed by atoms with van der Waals surface area (Å²) < 4.78 is 4.87. The van der Waals surface area contributed by atoms with Crippen LogP contribution in [0, 0.1) is 0 Å². The van der Waals surface area contributed by atoms with Gasteiger partial charge in [-0.2, -0.15) is 0 Å². The van der Waals surface area contributed by atoms with Crippen molar-refractivity contribution in [2.75, 3.05) is 6.61 Å². The number of carbonyl (C=O) groups excluding carboxylic acids is 2. The van der Waals surface area contributed by atoms with E-state index in [0.717, 1.165) is 31.3 Å². The van der Waals surface area contributed by atoms with Crippen LogP contribution >= 0.6 is 0 Å². The Morgan fingerprint density at radius 3 is 2.53 bits per heavy atom. The number of unbranched alkanes of at least 4 members (excludes halogenated alkanes) is 2. The van der Waals surface area contributed by atoms with Crippen molar-refractivity contribution in [3.05, 3.63) is 11.3 Å². The smallest absolute Gasteiger partial charge is 0.311 e. The maximum Gasteiger partial charge on any atom is 0.311 e. The van der Waals surface area contributed by atoms with Gasteiger partial charge in [0, 0.05) is 5.70 Å². The van der Waals surface area contributed by atoms with Crippen molar-refractivity contribution >= 4 is 12.4 Å². The lowest BCUT2D eigenvalue weighted by atomic mass is 10.1. The zero-order valence-electron chi connectivity index (χ0n) is 11.0. The first kappa shape index (κ1) is 15.7. The quantitative estimate of drug-likeness (QED) is 0.383. The number of amides is 1. The second-order valence-corrected chi connectivity index (χ2v) is 3.96. The molecule has 0 heterocycles. The minimum atomic E-state index is -0.299. The third-order valence-corrected chi connectivity index (χ3v) is 2.53. The van der Waals surface area contributed by atoms with Crippen molar-refractivity contribution in [3.8, 4) is 0 Å². The summed E-state index contributed by atoms with van der Waals surface area (Å²) in [5, 5.41) is 2.60. The first-order valence-electron chi connectivity index (χ1n) is 6.20. The average Bonchev–Trinajstić information content (AvgIpc) is 2.29. The Hall–Kier alpha value is -1.32. The molecule has 0 aromatic carbocycles. The summed E-state index contributed by atoms with van der Waals surface area (Å²) in [4.78, 5) is 21.8. The number of allylic oxidation sites excluding steroid dienone is 1. The van der Waals surface area contributed by atoms with E-state index in [9.17, 15) is 9.59 Å². The van der Waals surface area contributed by atoms with E-state index in [4.69, 9.17) is 4.74 Å². The lowest BCUT2D eigenvalue weighted by Crippen LogP contribution is -2.17. The molecule has 0 unspecified atom stereocenters. The van der Waals surface area contributed by atoms with E-state index in [1.165, 1.54) is 0 Å². The molecule has 1 N–H and O–H groups in total. The third kappa shape index (κ3) is 7.55. The van der Waals surface area contributed by atoms with Gasteiger partial charge in [0.05, 0.1) is 13.0 Å². The maximum atomic E-state index is 11.4. The van der Waals surface area contributed by atoms with Crippen molar-refractivity contribution in [2.24, 2.45) is 0 Å². The maximum absolute atomic E-state index is 11.4. The van der Waals surface area contributed by atoms with Gasteiger partial charge in [-0.05, 0) is 26.7 Å². The van der Waals surface area contributed by atoms with Gasteiger partial charge in [0.1, 0.15) is 0 Å². The topological polar surface area (TPSA) is 55.4 Å². The zero-order valence-corrected chi connectivity index (χ0v) is 11.0. The SMILES string of the molecule is CCCCC/C(C)=C(\CC(=O)OCC)NC=O. The van der Waals surface area contributed by atoms with E-state index in [2.05, 4.69) is 12.2 Å². The van der Waals surface area contributed by atoms with Crippen molar-refractivity contribution < 1.29 is 14.3 Å². The van der Waals surface area contributed by atoms with Crippen LogP contribution in [0.5, 0.6) is 0 Å². The number of nitrogens with one attached hydrogen (secondary N) is 1. The lowest BCUT2D eigenvalue weighted by molar-refractivity contribution is -0.142. The summed E-state index contributed by atoms with van der Waals surface area (Å²) >= 11 is 0. The van der Waals surface area contributed by atoms with Crippen molar-refractivity contribution in [2.45, 2.75) is 52.9 Å². The molecule has 0 radical (unpaired) electrons. The molecule has 0 bridgehead atoms. The van der Waals surface area contributed by atoms with E-state index in [1.54, 1.807) is 6.92 Å². The van der Waals surface area contributed by atoms with Gasteiger partial charge in [-0.3, -0.25) is 9.59 Å². The van der Waals surface area contributed by atoms with Gasteiger partial charge in [-0.15, -0.1) is 0 Å². The van der Waals surface area contributed by atoms with Crippen LogP contribution in [0.4, 0.5) is 0 Å². The number of carbonyl (C=O) groups is 2. The third-order valence-electron chi connectivity index (χ3n) is 2.53. The molecule has 0 aliphatic carbocycles. The van der Waals surface area contributed by atoms with Gasteiger partial charge in [0.2, 0.25) is 6.41 Å². The molecule has 0 spiro atoms. The summed E-state index contributed by atoms with van der Waals surface area (Å²) in [5.41, 5.74) is 1.73. The summed E-state index contributed by atoms with van der Waals surface area (Å²) in [6.07, 6.45) is 5.05. The molecule has 0 fully saturated rings. The number of hydrogen-bond donors (Lipinski definition) is 1. The van der Waals surface area contributed by atoms with E-state index >= 15 is 0 Å². The first-order valence-corrected chi connectivity index (χ1v) is 6.20. The molecule has 0 aromatic heterocycles. The summed E-state index contributed by atoms with van der Waals surface area (Å²) in [5.74, 6) is -0.299. The van der Waals surface area contributed by atoms with Crippen molar-refractivity contribution in [1.29, 1.82) is 0 Å². The van der Waals surface area contributed by atoms with Gasteiger partial charge in [0.15, 0.2) is 0 Å². The monoisotopic (exact) mass is 241 g/mol. The van der Waals surface area contributed by atoms with Crippen molar-refractivity contribution in [1.82, 2.24) is 5.32 Å². The van der Waals surface area contributed by atoms with Crippen LogP contribution in [-0.4, -0.2) is 19.0 Å². The Bertz CT molecular complexity index is 272. The molecule has 0 aliphatic rings. The first-order chi connectivity index (χ1) is 8.15. The summed E-state index contributed by atoms with van der Waals surface area (Å²) in [6.45, 7) is 6.22. The average molecular weight is 241 g/mol. The molecule has 1 amide bonds. The van der Waals surface area contributed by atoms with Crippen LogP contribution in [0.1, 0.15) is 52.9 Å². The molecule has 0 aromatic rings. The second kappa shape index (κ2) is 9.87. The Morgan fingerprint density at radius 2 is 2.00 bits per heavy atom. The van der Waals surface area contributed by atoms with E-state index in [1.807, 2.05) is 6.92 Å². The Balaban J connectivity index is 4.39.